The summed E-state index contributed by atoms with van der Waals surface area (Å²) >= 11 is 6.59. The van der Waals surface area contributed by atoms with Crippen LogP contribution in [0.15, 0.2) is 47.4 Å². The first-order valence-corrected chi connectivity index (χ1v) is 13.2. The molecule has 2 aromatic carbocycles. The molecule has 0 aromatic heterocycles. The summed E-state index contributed by atoms with van der Waals surface area (Å²) in [5.74, 6) is 0.294. The van der Waals surface area contributed by atoms with E-state index in [9.17, 15) is 8.60 Å². The van der Waals surface area contributed by atoms with Crippen molar-refractivity contribution in [3.8, 4) is 0 Å². The lowest BCUT2D eigenvalue weighted by molar-refractivity contribution is 0.0214. The van der Waals surface area contributed by atoms with Crippen molar-refractivity contribution in [2.45, 2.75) is 54.8 Å². The average molecular weight is 511 g/mol. The van der Waals surface area contributed by atoms with Crippen molar-refractivity contribution < 1.29 is 8.60 Å². The fourth-order valence-corrected chi connectivity index (χ4v) is 5.72. The topological polar surface area (TPSA) is 59.4 Å². The molecule has 0 amide bonds. The average Bonchev–Trinajstić information content (AvgIpc) is 3.57. The highest BCUT2D eigenvalue weighted by Gasteiger charge is 2.54. The maximum Gasteiger partial charge on any atom is 0.150 e. The Balaban J connectivity index is 1.56. The number of nitrogens with zero attached hydrogens (tertiary/aromatic N) is 2. The van der Waals surface area contributed by atoms with Crippen LogP contribution >= 0.6 is 11.6 Å². The molecular formula is C25H30B2ClFN4OS. The summed E-state index contributed by atoms with van der Waals surface area (Å²) in [7, 11) is 10.3. The molecule has 4 rings (SSSR count). The molecule has 1 aliphatic heterocycles. The van der Waals surface area contributed by atoms with Crippen molar-refractivity contribution >= 4 is 49.8 Å². The zero-order valence-electron chi connectivity index (χ0n) is 20.4. The van der Waals surface area contributed by atoms with Crippen LogP contribution in [0.3, 0.4) is 0 Å². The highest BCUT2D eigenvalue weighted by Crippen LogP contribution is 2.47. The second-order valence-corrected chi connectivity index (χ2v) is 12.1. The number of hydrogen-bond donors (Lipinski definition) is 2. The Labute approximate surface area is 217 Å². The normalized spacial score (nSPS) is 18.9. The van der Waals surface area contributed by atoms with E-state index in [1.54, 1.807) is 49.4 Å². The fraction of sp³-hybridized carbons (Fsp3) is 0.480. The van der Waals surface area contributed by atoms with Crippen LogP contribution in [0, 0.1) is 5.41 Å². The van der Waals surface area contributed by atoms with Crippen LogP contribution in [0.5, 0.6) is 0 Å². The molecule has 0 bridgehead atoms. The van der Waals surface area contributed by atoms with E-state index in [2.05, 4.69) is 14.5 Å². The van der Waals surface area contributed by atoms with Gasteiger partial charge in [-0.05, 0) is 51.0 Å². The molecule has 2 N–H and O–H groups in total. The van der Waals surface area contributed by atoms with Gasteiger partial charge < -0.3 is 9.62 Å². The molecule has 5 nitrogen and oxygen atoms in total. The largest absolute Gasteiger partial charge is 0.348 e. The van der Waals surface area contributed by atoms with Gasteiger partial charge in [0.1, 0.15) is 23.5 Å². The van der Waals surface area contributed by atoms with Crippen molar-refractivity contribution in [3.63, 3.8) is 0 Å². The lowest BCUT2D eigenvalue weighted by atomic mass is 9.52. The molecule has 1 unspecified atom stereocenters. The Hall–Kier alpha value is -1.83. The molecular weight excluding hydrogens is 480 g/mol. The van der Waals surface area contributed by atoms with E-state index in [0.717, 1.165) is 18.4 Å². The van der Waals surface area contributed by atoms with Crippen LogP contribution in [0.4, 0.5) is 10.1 Å². The molecule has 1 spiro atoms. The third-order valence-electron chi connectivity index (χ3n) is 7.07. The summed E-state index contributed by atoms with van der Waals surface area (Å²) in [5, 5.41) is 8.53. The summed E-state index contributed by atoms with van der Waals surface area (Å²) in [5.41, 5.74) is 1.05. The molecule has 1 saturated heterocycles. The number of hydrogen-bond acceptors (Lipinski definition) is 3. The van der Waals surface area contributed by atoms with Crippen molar-refractivity contribution in [2.24, 2.45) is 0 Å². The lowest BCUT2D eigenvalue weighted by Crippen LogP contribution is -2.62. The van der Waals surface area contributed by atoms with Gasteiger partial charge in [-0.1, -0.05) is 47.5 Å². The highest BCUT2D eigenvalue weighted by molar-refractivity contribution is 7.86. The number of piperazine rings is 1. The van der Waals surface area contributed by atoms with Gasteiger partial charge in [0.05, 0.1) is 42.4 Å². The molecule has 1 saturated carbocycles. The van der Waals surface area contributed by atoms with Crippen LogP contribution in [-0.4, -0.2) is 72.9 Å². The molecule has 10 heteroatoms. The van der Waals surface area contributed by atoms with Gasteiger partial charge >= 0.3 is 0 Å². The molecule has 2 fully saturated rings. The Morgan fingerprint density at radius 2 is 1.83 bits per heavy atom. The third-order valence-corrected chi connectivity index (χ3v) is 8.50. The SMILES string of the molecule is [B]C([B])(C)c1ccc(S(=O)Nc2cccc(Cl)c2C(=N)N2CCN(C(C)(C)CF)CC23CC3)cc1. The van der Waals surface area contributed by atoms with Crippen LogP contribution < -0.4 is 4.72 Å². The van der Waals surface area contributed by atoms with Gasteiger partial charge in [-0.15, -0.1) is 0 Å². The molecule has 2 aliphatic rings. The summed E-state index contributed by atoms with van der Waals surface area (Å²) in [6, 6.07) is 12.2. The van der Waals surface area contributed by atoms with Gasteiger partial charge in [-0.3, -0.25) is 10.3 Å². The van der Waals surface area contributed by atoms with Gasteiger partial charge in [-0.25, -0.2) is 8.60 Å². The number of anilines is 1. The summed E-state index contributed by atoms with van der Waals surface area (Å²) in [6.07, 6.45) is 1.89. The first-order chi connectivity index (χ1) is 16.4. The molecule has 182 valence electrons. The lowest BCUT2D eigenvalue weighted by Gasteiger charge is -2.48. The van der Waals surface area contributed by atoms with Crippen molar-refractivity contribution in [3.05, 3.63) is 58.6 Å². The fourth-order valence-electron chi connectivity index (χ4n) is 4.58. The van der Waals surface area contributed by atoms with E-state index in [1.165, 1.54) is 0 Å². The minimum absolute atomic E-state index is 0.190. The van der Waals surface area contributed by atoms with E-state index in [4.69, 9.17) is 32.7 Å². The number of nitrogens with one attached hydrogen (secondary N) is 2. The van der Waals surface area contributed by atoms with Gasteiger partial charge in [0.2, 0.25) is 0 Å². The zero-order valence-corrected chi connectivity index (χ0v) is 22.0. The van der Waals surface area contributed by atoms with Gasteiger partial charge in [0, 0.05) is 25.2 Å². The maximum absolute atomic E-state index is 13.6. The van der Waals surface area contributed by atoms with Crippen molar-refractivity contribution in [2.75, 3.05) is 31.0 Å². The number of amidine groups is 1. The Bertz CT molecular complexity index is 1140. The second-order valence-electron chi connectivity index (χ2n) is 10.4. The minimum Gasteiger partial charge on any atom is -0.348 e. The molecule has 1 aliphatic carbocycles. The standard InChI is InChI=1S/C25H30B2ClFN4OS/c1-23(2,15-29)32-13-14-33(25(16-32)11-12-25)22(30)21-19(28)5-4-6-20(21)31-35(34)18-9-7-17(8-10-18)24(3,26)27/h4-10,30-31H,11-16H2,1-3H3. The summed E-state index contributed by atoms with van der Waals surface area (Å²) in [4.78, 5) is 4.82. The first-order valence-electron chi connectivity index (χ1n) is 11.7. The van der Waals surface area contributed by atoms with Crippen LogP contribution in [0.1, 0.15) is 44.7 Å². The molecule has 4 radical (unpaired) electrons. The zero-order chi connectivity index (χ0) is 25.6. The van der Waals surface area contributed by atoms with Gasteiger partial charge in [0.15, 0.2) is 0 Å². The first kappa shape index (κ1) is 26.2. The van der Waals surface area contributed by atoms with Crippen molar-refractivity contribution in [1.82, 2.24) is 9.80 Å². The van der Waals surface area contributed by atoms with E-state index in [0.29, 0.717) is 46.6 Å². The monoisotopic (exact) mass is 510 g/mol. The molecule has 1 heterocycles. The van der Waals surface area contributed by atoms with Gasteiger partial charge in [0.25, 0.3) is 0 Å². The number of alkyl halides is 1. The quantitative estimate of drug-likeness (QED) is 0.333. The maximum atomic E-state index is 13.6. The predicted octanol–water partition coefficient (Wildman–Crippen LogP) is 4.21. The van der Waals surface area contributed by atoms with E-state index >= 15 is 0 Å². The van der Waals surface area contributed by atoms with E-state index in [1.807, 2.05) is 13.8 Å². The summed E-state index contributed by atoms with van der Waals surface area (Å²) in [6.45, 7) is 7.10. The van der Waals surface area contributed by atoms with Crippen LogP contribution in [0.25, 0.3) is 0 Å². The molecule has 2 aromatic rings. The number of rotatable bonds is 7. The Morgan fingerprint density at radius 3 is 2.40 bits per heavy atom. The Morgan fingerprint density at radius 1 is 1.17 bits per heavy atom. The minimum atomic E-state index is -1.59. The highest BCUT2D eigenvalue weighted by atomic mass is 35.5. The third kappa shape index (κ3) is 5.32. The predicted molar refractivity (Wildman–Crippen MR) is 144 cm³/mol. The molecule has 35 heavy (non-hydrogen) atoms. The van der Waals surface area contributed by atoms with Crippen molar-refractivity contribution in [1.29, 1.82) is 5.41 Å². The Kier molecular flexibility index (Phi) is 7.17. The number of halogens is 2. The second kappa shape index (κ2) is 9.56. The summed E-state index contributed by atoms with van der Waals surface area (Å²) < 4.78 is 29.8. The van der Waals surface area contributed by atoms with Crippen LogP contribution in [-0.2, 0) is 16.2 Å². The van der Waals surface area contributed by atoms with Crippen LogP contribution in [0.2, 0.25) is 5.02 Å². The smallest absolute Gasteiger partial charge is 0.150 e. The number of benzene rings is 2. The van der Waals surface area contributed by atoms with Gasteiger partial charge in [-0.2, -0.15) is 0 Å². The molecule has 1 atom stereocenters. The van der Waals surface area contributed by atoms with E-state index < -0.39 is 28.4 Å². The van der Waals surface area contributed by atoms with E-state index in [-0.39, 0.29) is 5.54 Å².